The second kappa shape index (κ2) is 5.83. The second-order valence-electron chi connectivity index (χ2n) is 3.86. The lowest BCUT2D eigenvalue weighted by Crippen LogP contribution is -2.26. The summed E-state index contributed by atoms with van der Waals surface area (Å²) < 4.78 is 1.23. The number of hydrogen-bond acceptors (Lipinski definition) is 1. The molecule has 0 aromatic carbocycles. The number of alkyl halides is 1. The highest BCUT2D eigenvalue weighted by Gasteiger charge is 2.38. The number of hydrogen-bond donors (Lipinski definition) is 1. The largest absolute Gasteiger partial charge is 0.356 e. The van der Waals surface area contributed by atoms with Gasteiger partial charge in [0.15, 0.2) is 0 Å². The van der Waals surface area contributed by atoms with Crippen LogP contribution in [0.3, 0.4) is 0 Å². The number of halogens is 1. The van der Waals surface area contributed by atoms with Crippen LogP contribution in [-0.2, 0) is 4.79 Å². The SMILES string of the molecule is CC1CC1C(=O)NCCCCCI. The van der Waals surface area contributed by atoms with Crippen molar-refractivity contribution in [3.05, 3.63) is 0 Å². The molecule has 2 atom stereocenters. The van der Waals surface area contributed by atoms with E-state index in [1.807, 2.05) is 0 Å². The van der Waals surface area contributed by atoms with Crippen molar-refractivity contribution in [3.63, 3.8) is 0 Å². The average Bonchev–Trinajstić information content (AvgIpc) is 2.82. The number of rotatable bonds is 6. The zero-order valence-corrected chi connectivity index (χ0v) is 10.3. The molecular formula is C10H18INO. The maximum absolute atomic E-state index is 11.3. The number of carbonyl (C=O) groups excluding carboxylic acids is 1. The van der Waals surface area contributed by atoms with Gasteiger partial charge in [-0.2, -0.15) is 0 Å². The predicted molar refractivity (Wildman–Crippen MR) is 63.0 cm³/mol. The minimum Gasteiger partial charge on any atom is -0.356 e. The maximum atomic E-state index is 11.3. The smallest absolute Gasteiger partial charge is 0.223 e. The molecule has 1 saturated carbocycles. The van der Waals surface area contributed by atoms with Crippen LogP contribution in [-0.4, -0.2) is 16.9 Å². The van der Waals surface area contributed by atoms with Crippen molar-refractivity contribution in [2.45, 2.75) is 32.6 Å². The molecule has 0 saturated heterocycles. The van der Waals surface area contributed by atoms with Gasteiger partial charge >= 0.3 is 0 Å². The van der Waals surface area contributed by atoms with E-state index >= 15 is 0 Å². The van der Waals surface area contributed by atoms with Gasteiger partial charge in [0.2, 0.25) is 5.91 Å². The molecule has 2 unspecified atom stereocenters. The molecule has 0 heterocycles. The van der Waals surface area contributed by atoms with Crippen LogP contribution in [0.5, 0.6) is 0 Å². The molecule has 0 bridgehead atoms. The van der Waals surface area contributed by atoms with Gasteiger partial charge in [0.25, 0.3) is 0 Å². The van der Waals surface area contributed by atoms with Gasteiger partial charge in [0, 0.05) is 12.5 Å². The normalized spacial score (nSPS) is 25.7. The van der Waals surface area contributed by atoms with Crippen LogP contribution in [0.1, 0.15) is 32.6 Å². The second-order valence-corrected chi connectivity index (χ2v) is 4.94. The molecule has 0 spiro atoms. The van der Waals surface area contributed by atoms with Crippen molar-refractivity contribution in [2.75, 3.05) is 11.0 Å². The quantitative estimate of drug-likeness (QED) is 0.455. The van der Waals surface area contributed by atoms with Crippen LogP contribution in [0.4, 0.5) is 0 Å². The number of nitrogens with one attached hydrogen (secondary N) is 1. The fourth-order valence-corrected chi connectivity index (χ4v) is 1.97. The zero-order valence-electron chi connectivity index (χ0n) is 8.18. The summed E-state index contributed by atoms with van der Waals surface area (Å²) >= 11 is 2.39. The van der Waals surface area contributed by atoms with E-state index in [0.29, 0.717) is 11.8 Å². The standard InChI is InChI=1S/C10H18INO/c1-8-7-9(8)10(13)12-6-4-2-3-5-11/h8-9H,2-7H2,1H3,(H,12,13). The van der Waals surface area contributed by atoms with Crippen molar-refractivity contribution >= 4 is 28.5 Å². The molecule has 13 heavy (non-hydrogen) atoms. The van der Waals surface area contributed by atoms with Crippen molar-refractivity contribution in [3.8, 4) is 0 Å². The first-order chi connectivity index (χ1) is 6.25. The third-order valence-electron chi connectivity index (χ3n) is 2.56. The molecule has 1 aliphatic carbocycles. The van der Waals surface area contributed by atoms with E-state index in [-0.39, 0.29) is 5.91 Å². The van der Waals surface area contributed by atoms with Crippen LogP contribution >= 0.6 is 22.6 Å². The van der Waals surface area contributed by atoms with Crippen LogP contribution in [0.15, 0.2) is 0 Å². The van der Waals surface area contributed by atoms with Gasteiger partial charge < -0.3 is 5.32 Å². The van der Waals surface area contributed by atoms with E-state index in [4.69, 9.17) is 0 Å². The Morgan fingerprint density at radius 2 is 2.15 bits per heavy atom. The summed E-state index contributed by atoms with van der Waals surface area (Å²) in [7, 11) is 0. The molecule has 76 valence electrons. The Bertz CT molecular complexity index is 172. The number of amides is 1. The molecule has 1 amide bonds. The Morgan fingerprint density at radius 3 is 2.69 bits per heavy atom. The third-order valence-corrected chi connectivity index (χ3v) is 3.32. The van der Waals surface area contributed by atoms with E-state index in [2.05, 4.69) is 34.8 Å². The molecule has 2 nitrogen and oxygen atoms in total. The van der Waals surface area contributed by atoms with Crippen molar-refractivity contribution < 1.29 is 4.79 Å². The van der Waals surface area contributed by atoms with E-state index in [0.717, 1.165) is 19.4 Å². The van der Waals surface area contributed by atoms with Gasteiger partial charge in [-0.05, 0) is 29.6 Å². The molecule has 0 aromatic rings. The lowest BCUT2D eigenvalue weighted by molar-refractivity contribution is -0.122. The average molecular weight is 295 g/mol. The molecule has 1 rings (SSSR count). The molecule has 1 fully saturated rings. The van der Waals surface area contributed by atoms with Gasteiger partial charge in [-0.3, -0.25) is 4.79 Å². The Balaban J connectivity index is 1.91. The van der Waals surface area contributed by atoms with Crippen LogP contribution in [0.2, 0.25) is 0 Å². The highest BCUT2D eigenvalue weighted by Crippen LogP contribution is 2.37. The predicted octanol–water partition coefficient (Wildman–Crippen LogP) is 2.36. The lowest BCUT2D eigenvalue weighted by Gasteiger charge is -2.03. The first-order valence-electron chi connectivity index (χ1n) is 5.09. The molecule has 1 N–H and O–H groups in total. The summed E-state index contributed by atoms with van der Waals surface area (Å²) in [5.74, 6) is 1.25. The molecule has 0 aromatic heterocycles. The fourth-order valence-electron chi connectivity index (χ4n) is 1.43. The Kier molecular flexibility index (Phi) is 5.06. The van der Waals surface area contributed by atoms with Gasteiger partial charge in [-0.25, -0.2) is 0 Å². The number of unbranched alkanes of at least 4 members (excludes halogenated alkanes) is 2. The topological polar surface area (TPSA) is 29.1 Å². The summed E-state index contributed by atoms with van der Waals surface area (Å²) in [6, 6.07) is 0. The first-order valence-corrected chi connectivity index (χ1v) is 6.62. The van der Waals surface area contributed by atoms with Crippen molar-refractivity contribution in [1.29, 1.82) is 0 Å². The molecule has 0 aliphatic heterocycles. The summed E-state index contributed by atoms with van der Waals surface area (Å²) in [5, 5.41) is 2.99. The van der Waals surface area contributed by atoms with E-state index in [1.54, 1.807) is 0 Å². The van der Waals surface area contributed by atoms with Gasteiger partial charge in [0.05, 0.1) is 0 Å². The van der Waals surface area contributed by atoms with Gasteiger partial charge in [-0.1, -0.05) is 35.9 Å². The van der Waals surface area contributed by atoms with E-state index < -0.39 is 0 Å². The molecule has 1 aliphatic rings. The van der Waals surface area contributed by atoms with Crippen molar-refractivity contribution in [2.24, 2.45) is 11.8 Å². The van der Waals surface area contributed by atoms with Crippen molar-refractivity contribution in [1.82, 2.24) is 5.32 Å². The summed E-state index contributed by atoms with van der Waals surface area (Å²) in [4.78, 5) is 11.3. The van der Waals surface area contributed by atoms with Crippen LogP contribution < -0.4 is 5.32 Å². The summed E-state index contributed by atoms with van der Waals surface area (Å²) in [6.45, 7) is 3.01. The van der Waals surface area contributed by atoms with Crippen LogP contribution in [0, 0.1) is 11.8 Å². The van der Waals surface area contributed by atoms with E-state index in [1.165, 1.54) is 17.3 Å². The molecule has 3 heteroatoms. The fraction of sp³-hybridized carbons (Fsp3) is 0.900. The Morgan fingerprint density at radius 1 is 1.46 bits per heavy atom. The minimum atomic E-state index is 0.280. The summed E-state index contributed by atoms with van der Waals surface area (Å²) in [6.07, 6.45) is 4.75. The third kappa shape index (κ3) is 4.29. The zero-order chi connectivity index (χ0) is 9.68. The number of carbonyl (C=O) groups is 1. The maximum Gasteiger partial charge on any atom is 0.223 e. The van der Waals surface area contributed by atoms with Gasteiger partial charge in [0.1, 0.15) is 0 Å². The summed E-state index contributed by atoms with van der Waals surface area (Å²) in [5.41, 5.74) is 0. The monoisotopic (exact) mass is 295 g/mol. The van der Waals surface area contributed by atoms with E-state index in [9.17, 15) is 4.79 Å². The molecular weight excluding hydrogens is 277 g/mol. The minimum absolute atomic E-state index is 0.280. The van der Waals surface area contributed by atoms with Gasteiger partial charge in [-0.15, -0.1) is 0 Å². The Hall–Kier alpha value is 0.200. The highest BCUT2D eigenvalue weighted by atomic mass is 127. The lowest BCUT2D eigenvalue weighted by atomic mass is 10.2. The van der Waals surface area contributed by atoms with Crippen LogP contribution in [0.25, 0.3) is 0 Å². The molecule has 0 radical (unpaired) electrons. The Labute approximate surface area is 94.0 Å². The first kappa shape index (κ1) is 11.3. The highest BCUT2D eigenvalue weighted by molar-refractivity contribution is 14.1.